The molecule has 1 fully saturated rings. The molecular formula is C26H34N2O2. The summed E-state index contributed by atoms with van der Waals surface area (Å²) >= 11 is 0. The van der Waals surface area contributed by atoms with Crippen LogP contribution in [-0.4, -0.2) is 28.8 Å². The van der Waals surface area contributed by atoms with Crippen molar-refractivity contribution < 1.29 is 9.59 Å². The summed E-state index contributed by atoms with van der Waals surface area (Å²) in [5.41, 5.74) is 2.12. The van der Waals surface area contributed by atoms with E-state index in [1.807, 2.05) is 67.6 Å². The summed E-state index contributed by atoms with van der Waals surface area (Å²) < 4.78 is 0. The zero-order valence-corrected chi connectivity index (χ0v) is 18.1. The fraction of sp³-hybridized carbons (Fsp3) is 0.462. The van der Waals surface area contributed by atoms with Crippen LogP contribution < -0.4 is 5.32 Å². The van der Waals surface area contributed by atoms with E-state index < -0.39 is 6.04 Å². The van der Waals surface area contributed by atoms with Crippen molar-refractivity contribution in [3.05, 3.63) is 71.8 Å². The first-order valence-corrected chi connectivity index (χ1v) is 11.3. The van der Waals surface area contributed by atoms with Gasteiger partial charge in [0.25, 0.3) is 0 Å². The van der Waals surface area contributed by atoms with Gasteiger partial charge in [0.15, 0.2) is 0 Å². The van der Waals surface area contributed by atoms with E-state index in [9.17, 15) is 9.59 Å². The maximum Gasteiger partial charge on any atom is 0.243 e. The Labute approximate surface area is 180 Å². The molecule has 1 N–H and O–H groups in total. The summed E-state index contributed by atoms with van der Waals surface area (Å²) in [4.78, 5) is 28.4. The number of nitrogens with zero attached hydrogens (tertiary/aromatic N) is 1. The van der Waals surface area contributed by atoms with Crippen molar-refractivity contribution in [2.24, 2.45) is 0 Å². The maximum absolute atomic E-state index is 13.5. The second kappa shape index (κ2) is 11.5. The van der Waals surface area contributed by atoms with E-state index in [0.717, 1.165) is 43.2 Å². The molecule has 1 atom stereocenters. The van der Waals surface area contributed by atoms with Crippen LogP contribution in [0.25, 0.3) is 0 Å². The molecule has 30 heavy (non-hydrogen) atoms. The molecule has 0 saturated heterocycles. The summed E-state index contributed by atoms with van der Waals surface area (Å²) in [6.45, 7) is 2.46. The fourth-order valence-corrected chi connectivity index (χ4v) is 4.24. The average Bonchev–Trinajstić information content (AvgIpc) is 2.78. The van der Waals surface area contributed by atoms with Gasteiger partial charge >= 0.3 is 0 Å². The minimum atomic E-state index is -0.506. The molecule has 2 aromatic rings. The van der Waals surface area contributed by atoms with E-state index in [0.29, 0.717) is 19.4 Å². The lowest BCUT2D eigenvalue weighted by Gasteiger charge is -2.33. The third-order valence-electron chi connectivity index (χ3n) is 5.88. The van der Waals surface area contributed by atoms with Crippen molar-refractivity contribution in [3.63, 3.8) is 0 Å². The zero-order chi connectivity index (χ0) is 21.2. The van der Waals surface area contributed by atoms with Crippen LogP contribution >= 0.6 is 0 Å². The van der Waals surface area contributed by atoms with Crippen LogP contribution in [0.4, 0.5) is 0 Å². The summed E-state index contributed by atoms with van der Waals surface area (Å²) in [5.74, 6) is 0.0206. The van der Waals surface area contributed by atoms with E-state index >= 15 is 0 Å². The van der Waals surface area contributed by atoms with Crippen molar-refractivity contribution in [1.29, 1.82) is 0 Å². The molecule has 1 aliphatic carbocycles. The molecule has 0 spiro atoms. The Morgan fingerprint density at radius 3 is 2.13 bits per heavy atom. The van der Waals surface area contributed by atoms with E-state index in [-0.39, 0.29) is 17.9 Å². The van der Waals surface area contributed by atoms with Crippen molar-refractivity contribution in [2.45, 2.75) is 76.9 Å². The number of rotatable bonds is 9. The third-order valence-corrected chi connectivity index (χ3v) is 5.88. The Hall–Kier alpha value is -2.62. The molecule has 1 aliphatic rings. The largest absolute Gasteiger partial charge is 0.352 e. The third kappa shape index (κ3) is 6.45. The molecule has 3 rings (SSSR count). The molecule has 2 aromatic carbocycles. The predicted molar refractivity (Wildman–Crippen MR) is 121 cm³/mol. The lowest BCUT2D eigenvalue weighted by Crippen LogP contribution is -2.52. The van der Waals surface area contributed by atoms with Crippen LogP contribution in [0.1, 0.15) is 63.0 Å². The van der Waals surface area contributed by atoms with Gasteiger partial charge in [-0.3, -0.25) is 9.59 Å². The van der Waals surface area contributed by atoms with Gasteiger partial charge in [-0.1, -0.05) is 86.8 Å². The normalized spacial score (nSPS) is 15.4. The highest BCUT2D eigenvalue weighted by Crippen LogP contribution is 2.20. The summed E-state index contributed by atoms with van der Waals surface area (Å²) in [6, 6.07) is 19.7. The zero-order valence-electron chi connectivity index (χ0n) is 18.1. The molecular weight excluding hydrogens is 372 g/mol. The van der Waals surface area contributed by atoms with Gasteiger partial charge in [0.1, 0.15) is 6.04 Å². The first-order valence-electron chi connectivity index (χ1n) is 11.3. The molecule has 1 unspecified atom stereocenters. The number of carbonyl (C=O) groups is 2. The van der Waals surface area contributed by atoms with E-state index in [1.165, 1.54) is 6.42 Å². The molecule has 2 amide bonds. The molecule has 0 bridgehead atoms. The quantitative estimate of drug-likeness (QED) is 0.645. The van der Waals surface area contributed by atoms with Crippen LogP contribution in [0, 0.1) is 0 Å². The average molecular weight is 407 g/mol. The topological polar surface area (TPSA) is 49.4 Å². The molecule has 0 aromatic heterocycles. The number of nitrogens with one attached hydrogen (secondary N) is 1. The van der Waals surface area contributed by atoms with Crippen LogP contribution in [-0.2, 0) is 22.6 Å². The highest BCUT2D eigenvalue weighted by molar-refractivity contribution is 5.88. The van der Waals surface area contributed by atoms with Gasteiger partial charge in [-0.2, -0.15) is 0 Å². The smallest absolute Gasteiger partial charge is 0.243 e. The number of hydrogen-bond acceptors (Lipinski definition) is 2. The number of amides is 2. The maximum atomic E-state index is 13.5. The van der Waals surface area contributed by atoms with Gasteiger partial charge in [-0.25, -0.2) is 0 Å². The van der Waals surface area contributed by atoms with Gasteiger partial charge in [0, 0.05) is 25.4 Å². The molecule has 160 valence electrons. The van der Waals surface area contributed by atoms with Crippen LogP contribution in [0.3, 0.4) is 0 Å². The lowest BCUT2D eigenvalue weighted by molar-refractivity contribution is -0.141. The van der Waals surface area contributed by atoms with Gasteiger partial charge in [0.2, 0.25) is 11.8 Å². The minimum absolute atomic E-state index is 0.0221. The SMILES string of the molecule is CCCC(=O)N(Cc1ccccc1)C(Cc1ccccc1)C(=O)NC1CCCCC1. The Morgan fingerprint density at radius 2 is 1.53 bits per heavy atom. The Balaban J connectivity index is 1.85. The monoisotopic (exact) mass is 406 g/mol. The summed E-state index contributed by atoms with van der Waals surface area (Å²) in [6.07, 6.45) is 7.39. The molecule has 4 heteroatoms. The molecule has 4 nitrogen and oxygen atoms in total. The molecule has 1 saturated carbocycles. The first kappa shape index (κ1) is 22.1. The number of hydrogen-bond donors (Lipinski definition) is 1. The van der Waals surface area contributed by atoms with Gasteiger partial charge in [-0.15, -0.1) is 0 Å². The lowest BCUT2D eigenvalue weighted by atomic mass is 9.94. The predicted octanol–water partition coefficient (Wildman–Crippen LogP) is 4.88. The van der Waals surface area contributed by atoms with Crippen molar-refractivity contribution in [1.82, 2.24) is 10.2 Å². The summed E-state index contributed by atoms with van der Waals surface area (Å²) in [5, 5.41) is 3.27. The van der Waals surface area contributed by atoms with Crippen LogP contribution in [0.2, 0.25) is 0 Å². The van der Waals surface area contributed by atoms with Crippen molar-refractivity contribution in [3.8, 4) is 0 Å². The highest BCUT2D eigenvalue weighted by Gasteiger charge is 2.31. The standard InChI is InChI=1S/C26H34N2O2/c1-2-12-25(29)28(20-22-15-8-4-9-16-22)24(19-21-13-6-3-7-14-21)26(30)27-23-17-10-5-11-18-23/h3-4,6-9,13-16,23-24H,2,5,10-12,17-20H2,1H3,(H,27,30). The Bertz CT molecular complexity index is 785. The van der Waals surface area contributed by atoms with Gasteiger partial charge < -0.3 is 10.2 Å². The van der Waals surface area contributed by atoms with Crippen molar-refractivity contribution in [2.75, 3.05) is 0 Å². The summed E-state index contributed by atoms with van der Waals surface area (Å²) in [7, 11) is 0. The Morgan fingerprint density at radius 1 is 0.933 bits per heavy atom. The fourth-order valence-electron chi connectivity index (χ4n) is 4.24. The Kier molecular flexibility index (Phi) is 8.49. The number of carbonyl (C=O) groups excluding carboxylic acids is 2. The van der Waals surface area contributed by atoms with E-state index in [2.05, 4.69) is 5.32 Å². The van der Waals surface area contributed by atoms with Gasteiger partial charge in [-0.05, 0) is 30.4 Å². The van der Waals surface area contributed by atoms with Crippen LogP contribution in [0.15, 0.2) is 60.7 Å². The van der Waals surface area contributed by atoms with E-state index in [1.54, 1.807) is 4.90 Å². The van der Waals surface area contributed by atoms with Crippen molar-refractivity contribution >= 4 is 11.8 Å². The minimum Gasteiger partial charge on any atom is -0.352 e. The van der Waals surface area contributed by atoms with Gasteiger partial charge in [0.05, 0.1) is 0 Å². The first-order chi connectivity index (χ1) is 14.7. The van der Waals surface area contributed by atoms with E-state index in [4.69, 9.17) is 0 Å². The second-order valence-corrected chi connectivity index (χ2v) is 8.31. The van der Waals surface area contributed by atoms with Crippen LogP contribution in [0.5, 0.6) is 0 Å². The number of benzene rings is 2. The molecule has 0 radical (unpaired) electrons. The second-order valence-electron chi connectivity index (χ2n) is 8.31. The molecule has 0 heterocycles. The highest BCUT2D eigenvalue weighted by atomic mass is 16.2. The molecule has 0 aliphatic heterocycles.